The Kier molecular flexibility index (Phi) is 4.62. The molecular formula is C23H22N4O2. The fourth-order valence-electron chi connectivity index (χ4n) is 3.84. The number of para-hydroxylation sites is 1. The van der Waals surface area contributed by atoms with Gasteiger partial charge in [-0.2, -0.15) is 0 Å². The molecule has 0 amide bonds. The first kappa shape index (κ1) is 17.7. The number of nitrogens with two attached hydrogens (primary N) is 1. The van der Waals surface area contributed by atoms with Gasteiger partial charge < -0.3 is 15.2 Å². The number of anilines is 1. The second-order valence-electron chi connectivity index (χ2n) is 7.18. The van der Waals surface area contributed by atoms with Gasteiger partial charge in [-0.05, 0) is 49.2 Å². The molecule has 2 N–H and O–H groups in total. The lowest BCUT2D eigenvalue weighted by atomic mass is 10.00. The predicted molar refractivity (Wildman–Crippen MR) is 112 cm³/mol. The molecule has 0 aliphatic carbocycles. The van der Waals surface area contributed by atoms with Gasteiger partial charge in [0.25, 0.3) is 0 Å². The molecule has 3 heterocycles. The van der Waals surface area contributed by atoms with Crippen molar-refractivity contribution < 1.29 is 9.47 Å². The normalized spacial score (nSPS) is 14.9. The van der Waals surface area contributed by atoms with E-state index in [1.54, 1.807) is 6.20 Å². The third kappa shape index (κ3) is 3.43. The molecule has 6 heteroatoms. The van der Waals surface area contributed by atoms with E-state index in [0.717, 1.165) is 60.2 Å². The van der Waals surface area contributed by atoms with Gasteiger partial charge in [0.2, 0.25) is 0 Å². The monoisotopic (exact) mass is 386 g/mol. The summed E-state index contributed by atoms with van der Waals surface area (Å²) in [6, 6.07) is 17.7. The average molecular weight is 386 g/mol. The summed E-state index contributed by atoms with van der Waals surface area (Å²) in [5.41, 5.74) is 8.94. The van der Waals surface area contributed by atoms with Crippen LogP contribution in [0.1, 0.15) is 24.6 Å². The van der Waals surface area contributed by atoms with Crippen molar-refractivity contribution in [2.24, 2.45) is 0 Å². The SMILES string of the molecule is Nc1nccn2c(C3CCOCC3)nc(-c3ccc(Oc4ccccc4)cc3)c12. The topological polar surface area (TPSA) is 74.7 Å². The highest BCUT2D eigenvalue weighted by Crippen LogP contribution is 2.34. The Bertz CT molecular complexity index is 1120. The Morgan fingerprint density at radius 3 is 2.45 bits per heavy atom. The number of rotatable bonds is 4. The van der Waals surface area contributed by atoms with Crippen LogP contribution in [0.3, 0.4) is 0 Å². The van der Waals surface area contributed by atoms with Crippen molar-refractivity contribution in [1.29, 1.82) is 0 Å². The first-order valence-corrected chi connectivity index (χ1v) is 9.83. The lowest BCUT2D eigenvalue weighted by Gasteiger charge is -2.20. The van der Waals surface area contributed by atoms with Gasteiger partial charge in [-0.1, -0.05) is 18.2 Å². The van der Waals surface area contributed by atoms with Crippen molar-refractivity contribution in [1.82, 2.24) is 14.4 Å². The zero-order valence-corrected chi connectivity index (χ0v) is 16.0. The van der Waals surface area contributed by atoms with E-state index in [1.165, 1.54) is 0 Å². The first-order chi connectivity index (χ1) is 14.3. The molecule has 29 heavy (non-hydrogen) atoms. The lowest BCUT2D eigenvalue weighted by Crippen LogP contribution is -2.16. The number of fused-ring (bicyclic) bond motifs is 1. The van der Waals surface area contributed by atoms with Crippen molar-refractivity contribution in [3.63, 3.8) is 0 Å². The van der Waals surface area contributed by atoms with Crippen molar-refractivity contribution >= 4 is 11.3 Å². The minimum absolute atomic E-state index is 0.354. The van der Waals surface area contributed by atoms with Gasteiger partial charge in [-0.3, -0.25) is 4.40 Å². The minimum Gasteiger partial charge on any atom is -0.457 e. The number of aromatic nitrogens is 3. The van der Waals surface area contributed by atoms with Crippen LogP contribution in [0.4, 0.5) is 5.82 Å². The summed E-state index contributed by atoms with van der Waals surface area (Å²) in [4.78, 5) is 9.30. The number of nitrogens with zero attached hydrogens (tertiary/aromatic N) is 3. The maximum Gasteiger partial charge on any atom is 0.150 e. The highest BCUT2D eigenvalue weighted by atomic mass is 16.5. The minimum atomic E-state index is 0.354. The number of nitrogen functional groups attached to an aromatic ring is 1. The summed E-state index contributed by atoms with van der Waals surface area (Å²) in [5, 5.41) is 0. The molecule has 146 valence electrons. The molecule has 1 fully saturated rings. The average Bonchev–Trinajstić information content (AvgIpc) is 3.17. The third-order valence-electron chi connectivity index (χ3n) is 5.30. The highest BCUT2D eigenvalue weighted by molar-refractivity contribution is 5.85. The quantitative estimate of drug-likeness (QED) is 0.552. The van der Waals surface area contributed by atoms with E-state index in [-0.39, 0.29) is 0 Å². The fraction of sp³-hybridized carbons (Fsp3) is 0.217. The highest BCUT2D eigenvalue weighted by Gasteiger charge is 2.24. The maximum atomic E-state index is 6.25. The zero-order valence-electron chi connectivity index (χ0n) is 16.0. The molecule has 1 aliphatic rings. The van der Waals surface area contributed by atoms with Gasteiger partial charge in [-0.15, -0.1) is 0 Å². The van der Waals surface area contributed by atoms with Crippen LogP contribution in [0.2, 0.25) is 0 Å². The molecule has 0 bridgehead atoms. The molecule has 2 aromatic heterocycles. The molecule has 6 nitrogen and oxygen atoms in total. The van der Waals surface area contributed by atoms with Crippen LogP contribution < -0.4 is 10.5 Å². The summed E-state index contributed by atoms with van der Waals surface area (Å²) < 4.78 is 13.5. The van der Waals surface area contributed by atoms with Crippen LogP contribution in [0.15, 0.2) is 67.0 Å². The number of ether oxygens (including phenoxy) is 2. The summed E-state index contributed by atoms with van der Waals surface area (Å²) in [7, 11) is 0. The number of hydrogen-bond acceptors (Lipinski definition) is 5. The molecule has 0 spiro atoms. The van der Waals surface area contributed by atoms with Crippen molar-refractivity contribution in [3.8, 4) is 22.8 Å². The second-order valence-corrected chi connectivity index (χ2v) is 7.18. The van der Waals surface area contributed by atoms with Gasteiger partial charge in [0.05, 0.1) is 0 Å². The third-order valence-corrected chi connectivity index (χ3v) is 5.30. The largest absolute Gasteiger partial charge is 0.457 e. The molecule has 0 unspecified atom stereocenters. The van der Waals surface area contributed by atoms with Crippen LogP contribution in [-0.2, 0) is 4.74 Å². The molecule has 0 saturated carbocycles. The van der Waals surface area contributed by atoms with Gasteiger partial charge in [0.1, 0.15) is 34.4 Å². The smallest absolute Gasteiger partial charge is 0.150 e. The Morgan fingerprint density at radius 2 is 1.69 bits per heavy atom. The Balaban J connectivity index is 1.52. The Labute approximate surface area is 168 Å². The Hall–Kier alpha value is -3.38. The van der Waals surface area contributed by atoms with Gasteiger partial charge >= 0.3 is 0 Å². The van der Waals surface area contributed by atoms with E-state index in [0.29, 0.717) is 11.7 Å². The van der Waals surface area contributed by atoms with E-state index in [9.17, 15) is 0 Å². The maximum absolute atomic E-state index is 6.25. The molecule has 0 atom stereocenters. The fourth-order valence-corrected chi connectivity index (χ4v) is 3.84. The molecule has 5 rings (SSSR count). The standard InChI is InChI=1S/C23H22N4O2/c24-22-21-20(16-6-8-19(9-7-16)29-18-4-2-1-3-5-18)26-23(27(21)13-12-25-22)17-10-14-28-15-11-17/h1-9,12-13,17H,10-11,14-15H2,(H2,24,25). The zero-order chi connectivity index (χ0) is 19.6. The Morgan fingerprint density at radius 1 is 0.966 bits per heavy atom. The summed E-state index contributed by atoms with van der Waals surface area (Å²) in [5.74, 6) is 3.45. The van der Waals surface area contributed by atoms with Crippen molar-refractivity contribution in [2.45, 2.75) is 18.8 Å². The van der Waals surface area contributed by atoms with Crippen LogP contribution in [0.25, 0.3) is 16.8 Å². The lowest BCUT2D eigenvalue weighted by molar-refractivity contribution is 0.0835. The summed E-state index contributed by atoms with van der Waals surface area (Å²) in [6.45, 7) is 1.53. The van der Waals surface area contributed by atoms with E-state index in [1.807, 2.05) is 60.8 Å². The summed E-state index contributed by atoms with van der Waals surface area (Å²) >= 11 is 0. The van der Waals surface area contributed by atoms with Crippen LogP contribution in [0, 0.1) is 0 Å². The van der Waals surface area contributed by atoms with E-state index >= 15 is 0 Å². The number of benzene rings is 2. The first-order valence-electron chi connectivity index (χ1n) is 9.83. The molecule has 4 aromatic rings. The molecular weight excluding hydrogens is 364 g/mol. The molecule has 1 aliphatic heterocycles. The molecule has 2 aromatic carbocycles. The predicted octanol–water partition coefficient (Wildman–Crippen LogP) is 4.66. The van der Waals surface area contributed by atoms with E-state index in [2.05, 4.69) is 9.38 Å². The molecule has 0 radical (unpaired) electrons. The summed E-state index contributed by atoms with van der Waals surface area (Å²) in [6.07, 6.45) is 5.60. The van der Waals surface area contributed by atoms with Crippen LogP contribution in [0.5, 0.6) is 11.5 Å². The van der Waals surface area contributed by atoms with Crippen LogP contribution >= 0.6 is 0 Å². The van der Waals surface area contributed by atoms with Crippen molar-refractivity contribution in [2.75, 3.05) is 18.9 Å². The number of imidazole rings is 1. The van der Waals surface area contributed by atoms with Gasteiger partial charge in [0, 0.05) is 37.1 Å². The van der Waals surface area contributed by atoms with Crippen molar-refractivity contribution in [3.05, 3.63) is 72.8 Å². The van der Waals surface area contributed by atoms with Gasteiger partial charge in [-0.25, -0.2) is 9.97 Å². The van der Waals surface area contributed by atoms with E-state index < -0.39 is 0 Å². The molecule has 1 saturated heterocycles. The van der Waals surface area contributed by atoms with E-state index in [4.69, 9.17) is 20.2 Å². The number of hydrogen-bond donors (Lipinski definition) is 1. The van der Waals surface area contributed by atoms with Crippen LogP contribution in [-0.4, -0.2) is 27.6 Å². The van der Waals surface area contributed by atoms with Gasteiger partial charge in [0.15, 0.2) is 0 Å². The second kappa shape index (κ2) is 7.56.